The molecule has 0 rings (SSSR count). The van der Waals surface area contributed by atoms with Crippen molar-refractivity contribution in [2.45, 2.75) is 75.2 Å². The third kappa shape index (κ3) is 29.4. The van der Waals surface area contributed by atoms with Gasteiger partial charge in [0.15, 0.2) is 0 Å². The molecule has 18 heavy (non-hydrogen) atoms. The molecule has 0 aromatic carbocycles. The van der Waals surface area contributed by atoms with Crippen molar-refractivity contribution in [3.63, 3.8) is 0 Å². The van der Waals surface area contributed by atoms with E-state index in [9.17, 15) is 9.59 Å². The maximum absolute atomic E-state index is 10.5. The molecule has 0 fully saturated rings. The highest BCUT2D eigenvalue weighted by atomic mass is 16.4. The molecule has 3 nitrogen and oxygen atoms in total. The molecule has 0 atom stereocenters. The van der Waals surface area contributed by atoms with E-state index in [0.717, 1.165) is 12.8 Å². The van der Waals surface area contributed by atoms with Gasteiger partial charge in [-0.3, -0.25) is 4.79 Å². The predicted molar refractivity (Wildman–Crippen MR) is 77.8 cm³/mol. The summed E-state index contributed by atoms with van der Waals surface area (Å²) < 4.78 is 0. The van der Waals surface area contributed by atoms with Crippen LogP contribution in [0.25, 0.3) is 0 Å². The van der Waals surface area contributed by atoms with E-state index in [1.54, 1.807) is 6.92 Å². The lowest BCUT2D eigenvalue weighted by atomic mass is 9.90. The number of Topliss-reactive ketones (excluding diaryl/α,β-unsaturated/α-hetero) is 1. The number of hydrogen-bond donors (Lipinski definition) is 1. The molecule has 0 aromatic heterocycles. The van der Waals surface area contributed by atoms with Crippen LogP contribution in [0.2, 0.25) is 0 Å². The zero-order chi connectivity index (χ0) is 14.3. The monoisotopic (exact) mass is 260 g/mol. The maximum Gasteiger partial charge on any atom is 0.303 e. The summed E-state index contributed by atoms with van der Waals surface area (Å²) in [4.78, 5) is 20.5. The molecule has 0 radical (unpaired) electrons. The summed E-state index contributed by atoms with van der Waals surface area (Å²) in [6, 6.07) is 0. The Labute approximate surface area is 113 Å². The zero-order valence-corrected chi connectivity index (χ0v) is 12.4. The van der Waals surface area contributed by atoms with Gasteiger partial charge < -0.3 is 9.90 Å². The topological polar surface area (TPSA) is 54.4 Å². The highest BCUT2D eigenvalue weighted by molar-refractivity contribution is 5.75. The van der Waals surface area contributed by atoms with Gasteiger partial charge in [0.05, 0.1) is 6.42 Å². The SMILES string of the molecule is C.CC(=O)CCC(C)(C)C.CC(C)(C)CC(=O)O. The van der Waals surface area contributed by atoms with Crippen LogP contribution in [0.15, 0.2) is 0 Å². The van der Waals surface area contributed by atoms with Crippen LogP contribution in [0, 0.1) is 10.8 Å². The van der Waals surface area contributed by atoms with Gasteiger partial charge >= 0.3 is 5.97 Å². The average molecular weight is 260 g/mol. The van der Waals surface area contributed by atoms with Crippen molar-refractivity contribution < 1.29 is 14.7 Å². The van der Waals surface area contributed by atoms with E-state index in [1.165, 1.54) is 0 Å². The number of carbonyl (C=O) groups excluding carboxylic acids is 1. The van der Waals surface area contributed by atoms with Gasteiger partial charge in [0, 0.05) is 6.42 Å². The Morgan fingerprint density at radius 1 is 0.944 bits per heavy atom. The third-order valence-electron chi connectivity index (χ3n) is 1.91. The van der Waals surface area contributed by atoms with Crippen LogP contribution >= 0.6 is 0 Å². The smallest absolute Gasteiger partial charge is 0.303 e. The molecule has 0 spiro atoms. The summed E-state index contributed by atoms with van der Waals surface area (Å²) in [5.41, 5.74) is 0.234. The van der Waals surface area contributed by atoms with Crippen LogP contribution < -0.4 is 0 Å². The first-order valence-electron chi connectivity index (χ1n) is 6.05. The van der Waals surface area contributed by atoms with Gasteiger partial charge in [-0.25, -0.2) is 0 Å². The van der Waals surface area contributed by atoms with E-state index >= 15 is 0 Å². The second kappa shape index (κ2) is 9.12. The van der Waals surface area contributed by atoms with Crippen molar-refractivity contribution >= 4 is 11.8 Å². The van der Waals surface area contributed by atoms with E-state index in [2.05, 4.69) is 20.8 Å². The molecule has 0 aliphatic carbocycles. The van der Waals surface area contributed by atoms with Crippen molar-refractivity contribution in [3.8, 4) is 0 Å². The van der Waals surface area contributed by atoms with Crippen molar-refractivity contribution in [3.05, 3.63) is 0 Å². The summed E-state index contributed by atoms with van der Waals surface area (Å²) in [5.74, 6) is -0.428. The molecule has 0 unspecified atom stereocenters. The largest absolute Gasteiger partial charge is 0.481 e. The van der Waals surface area contributed by atoms with E-state index in [4.69, 9.17) is 5.11 Å². The predicted octanol–water partition coefficient (Wildman–Crippen LogP) is 4.55. The van der Waals surface area contributed by atoms with Crippen LogP contribution in [0.3, 0.4) is 0 Å². The number of carbonyl (C=O) groups is 2. The highest BCUT2D eigenvalue weighted by Gasteiger charge is 2.13. The quantitative estimate of drug-likeness (QED) is 0.810. The van der Waals surface area contributed by atoms with Gasteiger partial charge in [-0.05, 0) is 24.2 Å². The number of ketones is 1. The van der Waals surface area contributed by atoms with E-state index in [-0.39, 0.29) is 19.3 Å². The number of carboxylic acid groups (broad SMARTS) is 1. The van der Waals surface area contributed by atoms with E-state index in [0.29, 0.717) is 11.2 Å². The molecule has 0 bridgehead atoms. The lowest BCUT2D eigenvalue weighted by Crippen LogP contribution is -2.11. The first kappa shape index (κ1) is 22.3. The molecule has 1 N–H and O–H groups in total. The minimum atomic E-state index is -0.725. The van der Waals surface area contributed by atoms with Crippen molar-refractivity contribution in [1.29, 1.82) is 0 Å². The van der Waals surface area contributed by atoms with Gasteiger partial charge in [-0.2, -0.15) is 0 Å². The minimum Gasteiger partial charge on any atom is -0.481 e. The van der Waals surface area contributed by atoms with Crippen LogP contribution in [0.5, 0.6) is 0 Å². The summed E-state index contributed by atoms with van der Waals surface area (Å²) in [5, 5.41) is 8.25. The summed E-state index contributed by atoms with van der Waals surface area (Å²) in [7, 11) is 0. The maximum atomic E-state index is 10.5. The molecule has 0 saturated carbocycles. The van der Waals surface area contributed by atoms with Crippen LogP contribution in [0.1, 0.15) is 75.2 Å². The second-order valence-electron chi connectivity index (χ2n) is 6.89. The summed E-state index contributed by atoms with van der Waals surface area (Å²) >= 11 is 0. The Kier molecular flexibility index (Phi) is 11.3. The van der Waals surface area contributed by atoms with Gasteiger partial charge in [0.25, 0.3) is 0 Å². The average Bonchev–Trinajstić information content (AvgIpc) is 1.95. The second-order valence-corrected chi connectivity index (χ2v) is 6.89. The number of aliphatic carboxylic acids is 1. The normalized spacial score (nSPS) is 10.8. The molecule has 0 heterocycles. The van der Waals surface area contributed by atoms with Crippen LogP contribution in [0.4, 0.5) is 0 Å². The first-order valence-corrected chi connectivity index (χ1v) is 6.05. The number of carboxylic acids is 1. The Morgan fingerprint density at radius 2 is 1.33 bits per heavy atom. The fourth-order valence-corrected chi connectivity index (χ4v) is 1.00. The molecule has 0 amide bonds. The standard InChI is InChI=1S/C8H16O.C6H12O2.CH4/c1-7(9)5-6-8(2,3)4;1-6(2,3)4-5(7)8;/h5-6H2,1-4H3;4H2,1-3H3,(H,7,8);1H4. The Morgan fingerprint density at radius 3 is 1.39 bits per heavy atom. The lowest BCUT2D eigenvalue weighted by Gasteiger charge is -2.15. The molecule has 0 aliphatic rings. The minimum absolute atomic E-state index is 0. The van der Waals surface area contributed by atoms with Gasteiger partial charge in [0.2, 0.25) is 0 Å². The summed E-state index contributed by atoms with van der Waals surface area (Å²) in [6.07, 6.45) is 1.97. The molecule has 0 aromatic rings. The fourth-order valence-electron chi connectivity index (χ4n) is 1.00. The molecular formula is C15H32O3. The van der Waals surface area contributed by atoms with Gasteiger partial charge in [0.1, 0.15) is 5.78 Å². The van der Waals surface area contributed by atoms with Gasteiger partial charge in [-0.15, -0.1) is 0 Å². The lowest BCUT2D eigenvalue weighted by molar-refractivity contribution is -0.139. The first-order chi connectivity index (χ1) is 7.33. The van der Waals surface area contributed by atoms with Crippen molar-refractivity contribution in [1.82, 2.24) is 0 Å². The highest BCUT2D eigenvalue weighted by Crippen LogP contribution is 2.20. The number of hydrogen-bond acceptors (Lipinski definition) is 2. The van der Waals surface area contributed by atoms with Gasteiger partial charge in [-0.1, -0.05) is 49.0 Å². The Balaban J connectivity index is -0.000000238. The van der Waals surface area contributed by atoms with E-state index < -0.39 is 5.97 Å². The molecule has 3 heteroatoms. The molecular weight excluding hydrogens is 228 g/mol. The Hall–Kier alpha value is -0.860. The van der Waals surface area contributed by atoms with Crippen molar-refractivity contribution in [2.24, 2.45) is 10.8 Å². The van der Waals surface area contributed by atoms with Crippen LogP contribution in [-0.2, 0) is 9.59 Å². The molecule has 0 saturated heterocycles. The zero-order valence-electron chi connectivity index (χ0n) is 12.4. The molecule has 0 aliphatic heterocycles. The third-order valence-corrected chi connectivity index (χ3v) is 1.91. The summed E-state index contributed by atoms with van der Waals surface area (Å²) in [6.45, 7) is 13.8. The van der Waals surface area contributed by atoms with Crippen molar-refractivity contribution in [2.75, 3.05) is 0 Å². The molecule has 110 valence electrons. The Bertz CT molecular complexity index is 241. The fraction of sp³-hybridized carbons (Fsp3) is 0.867. The van der Waals surface area contributed by atoms with E-state index in [1.807, 2.05) is 20.8 Å². The van der Waals surface area contributed by atoms with Crippen LogP contribution in [-0.4, -0.2) is 16.9 Å². The number of rotatable bonds is 3.